The summed E-state index contributed by atoms with van der Waals surface area (Å²) in [6, 6.07) is 0. The van der Waals surface area contributed by atoms with Crippen LogP contribution in [-0.2, 0) is 0 Å². The molecule has 4 fully saturated rings. The molecule has 4 bridgehead atoms. The first-order chi connectivity index (χ1) is 6.18. The Morgan fingerprint density at radius 1 is 0.846 bits per heavy atom. The van der Waals surface area contributed by atoms with E-state index in [1.165, 1.54) is 38.5 Å². The fourth-order valence-electron chi connectivity index (χ4n) is 4.44. The maximum Gasteiger partial charge on any atom is 0.113 e. The fourth-order valence-corrected chi connectivity index (χ4v) is 4.98. The van der Waals surface area contributed by atoms with Crippen LogP contribution >= 0.6 is 23.2 Å². The van der Waals surface area contributed by atoms with Gasteiger partial charge in [0.25, 0.3) is 0 Å². The lowest BCUT2D eigenvalue weighted by atomic mass is 9.50. The average Bonchev–Trinajstić information content (AvgIpc) is 2.00. The predicted molar refractivity (Wildman–Crippen MR) is 56.1 cm³/mol. The maximum atomic E-state index is 6.16. The van der Waals surface area contributed by atoms with Gasteiger partial charge in [-0.25, -0.2) is 0 Å². The van der Waals surface area contributed by atoms with Crippen molar-refractivity contribution in [2.24, 2.45) is 23.2 Å². The molecular formula is C11H16Cl2. The van der Waals surface area contributed by atoms with Crippen LogP contribution in [0.2, 0.25) is 0 Å². The molecular weight excluding hydrogens is 203 g/mol. The minimum Gasteiger partial charge on any atom is -0.105 e. The first-order valence-electron chi connectivity index (χ1n) is 5.46. The Balaban J connectivity index is 1.91. The van der Waals surface area contributed by atoms with Crippen LogP contribution in [0.3, 0.4) is 0 Å². The molecule has 0 aromatic heterocycles. The molecule has 0 aromatic carbocycles. The minimum absolute atomic E-state index is 0.110. The maximum absolute atomic E-state index is 6.16. The summed E-state index contributed by atoms with van der Waals surface area (Å²) in [5.74, 6) is 2.89. The molecule has 0 aromatic rings. The number of hydrogen-bond donors (Lipinski definition) is 0. The molecule has 0 radical (unpaired) electrons. The highest BCUT2D eigenvalue weighted by Crippen LogP contribution is 2.62. The van der Waals surface area contributed by atoms with Gasteiger partial charge in [-0.3, -0.25) is 0 Å². The van der Waals surface area contributed by atoms with Gasteiger partial charge in [0.05, 0.1) is 0 Å². The normalized spacial score (nSPS) is 53.3. The van der Waals surface area contributed by atoms with Gasteiger partial charge in [0, 0.05) is 5.41 Å². The molecule has 0 N–H and O–H groups in total. The SMILES string of the molecule is ClC(Cl)C12CC3CC(CC(C3)C1)C2. The zero-order valence-electron chi connectivity index (χ0n) is 7.81. The van der Waals surface area contributed by atoms with Crippen molar-refractivity contribution >= 4 is 23.2 Å². The van der Waals surface area contributed by atoms with Crippen LogP contribution in [0.1, 0.15) is 38.5 Å². The monoisotopic (exact) mass is 218 g/mol. The van der Waals surface area contributed by atoms with E-state index in [-0.39, 0.29) is 4.84 Å². The molecule has 0 aliphatic heterocycles. The van der Waals surface area contributed by atoms with Crippen molar-refractivity contribution in [3.05, 3.63) is 0 Å². The van der Waals surface area contributed by atoms with Crippen LogP contribution in [0.4, 0.5) is 0 Å². The van der Waals surface area contributed by atoms with Crippen molar-refractivity contribution in [2.45, 2.75) is 43.4 Å². The van der Waals surface area contributed by atoms with Crippen molar-refractivity contribution < 1.29 is 0 Å². The van der Waals surface area contributed by atoms with Crippen LogP contribution in [0.25, 0.3) is 0 Å². The lowest BCUT2D eigenvalue weighted by Gasteiger charge is -2.57. The van der Waals surface area contributed by atoms with Gasteiger partial charge < -0.3 is 0 Å². The molecule has 4 aliphatic carbocycles. The molecule has 4 rings (SSSR count). The molecule has 0 spiro atoms. The molecule has 0 amide bonds. The number of halogens is 2. The molecule has 74 valence electrons. The molecule has 0 saturated heterocycles. The summed E-state index contributed by atoms with van der Waals surface area (Å²) in [6.45, 7) is 0. The summed E-state index contributed by atoms with van der Waals surface area (Å²) in [6.07, 6.45) is 8.36. The lowest BCUT2D eigenvalue weighted by molar-refractivity contribution is -0.0444. The van der Waals surface area contributed by atoms with Crippen LogP contribution in [0, 0.1) is 23.2 Å². The topological polar surface area (TPSA) is 0 Å². The second kappa shape index (κ2) is 2.79. The van der Waals surface area contributed by atoms with E-state index in [1.807, 2.05) is 0 Å². The molecule has 13 heavy (non-hydrogen) atoms. The summed E-state index contributed by atoms with van der Waals surface area (Å²) in [4.78, 5) is -0.110. The zero-order chi connectivity index (χ0) is 9.05. The van der Waals surface area contributed by atoms with Gasteiger partial charge in [-0.15, -0.1) is 23.2 Å². The highest BCUT2D eigenvalue weighted by Gasteiger charge is 2.53. The van der Waals surface area contributed by atoms with Crippen LogP contribution in [-0.4, -0.2) is 4.84 Å². The summed E-state index contributed by atoms with van der Waals surface area (Å²) >= 11 is 12.3. The van der Waals surface area contributed by atoms with Crippen molar-refractivity contribution in [3.63, 3.8) is 0 Å². The Bertz CT molecular complexity index is 187. The van der Waals surface area contributed by atoms with E-state index in [9.17, 15) is 0 Å². The van der Waals surface area contributed by atoms with Crippen molar-refractivity contribution in [1.82, 2.24) is 0 Å². The van der Waals surface area contributed by atoms with Crippen LogP contribution in [0.5, 0.6) is 0 Å². The van der Waals surface area contributed by atoms with Gasteiger partial charge in [-0.05, 0) is 56.3 Å². The van der Waals surface area contributed by atoms with Gasteiger partial charge in [-0.2, -0.15) is 0 Å². The van der Waals surface area contributed by atoms with E-state index < -0.39 is 0 Å². The third-order valence-corrected chi connectivity index (χ3v) is 5.47. The Labute approximate surface area is 90.0 Å². The Morgan fingerprint density at radius 2 is 1.23 bits per heavy atom. The minimum atomic E-state index is -0.110. The van der Waals surface area contributed by atoms with Gasteiger partial charge in [-0.1, -0.05) is 0 Å². The van der Waals surface area contributed by atoms with Gasteiger partial charge in [0.2, 0.25) is 0 Å². The Kier molecular flexibility index (Phi) is 1.90. The predicted octanol–water partition coefficient (Wildman–Crippen LogP) is 4.01. The number of rotatable bonds is 1. The van der Waals surface area contributed by atoms with E-state index in [1.54, 1.807) is 0 Å². The molecule has 4 saturated carbocycles. The van der Waals surface area contributed by atoms with Crippen molar-refractivity contribution in [2.75, 3.05) is 0 Å². The smallest absolute Gasteiger partial charge is 0.105 e. The number of alkyl halides is 2. The molecule has 4 aliphatic rings. The average molecular weight is 219 g/mol. The molecule has 0 nitrogen and oxygen atoms in total. The molecule has 2 heteroatoms. The summed E-state index contributed by atoms with van der Waals surface area (Å²) in [7, 11) is 0. The zero-order valence-corrected chi connectivity index (χ0v) is 9.32. The first-order valence-corrected chi connectivity index (χ1v) is 6.33. The summed E-state index contributed by atoms with van der Waals surface area (Å²) in [5, 5.41) is 0. The van der Waals surface area contributed by atoms with Gasteiger partial charge in [0.15, 0.2) is 0 Å². The van der Waals surface area contributed by atoms with Gasteiger partial charge in [0.1, 0.15) is 4.84 Å². The number of hydrogen-bond acceptors (Lipinski definition) is 0. The van der Waals surface area contributed by atoms with Crippen LogP contribution < -0.4 is 0 Å². The third-order valence-electron chi connectivity index (χ3n) is 4.55. The fraction of sp³-hybridized carbons (Fsp3) is 1.00. The molecule has 0 heterocycles. The second-order valence-electron chi connectivity index (χ2n) is 5.58. The van der Waals surface area contributed by atoms with E-state index in [0.717, 1.165) is 17.8 Å². The summed E-state index contributed by atoms with van der Waals surface area (Å²) < 4.78 is 0. The van der Waals surface area contributed by atoms with E-state index in [0.29, 0.717) is 5.41 Å². The third kappa shape index (κ3) is 1.25. The largest absolute Gasteiger partial charge is 0.113 e. The standard InChI is InChI=1S/C11H16Cl2/c12-10(13)11-4-7-1-8(5-11)3-9(2-7)6-11/h7-10H,1-6H2. The van der Waals surface area contributed by atoms with E-state index in [4.69, 9.17) is 23.2 Å². The molecule has 0 unspecified atom stereocenters. The quantitative estimate of drug-likeness (QED) is 0.584. The van der Waals surface area contributed by atoms with Crippen LogP contribution in [0.15, 0.2) is 0 Å². The van der Waals surface area contributed by atoms with Gasteiger partial charge >= 0.3 is 0 Å². The first kappa shape index (κ1) is 8.85. The summed E-state index contributed by atoms with van der Waals surface area (Å²) in [5.41, 5.74) is 0.331. The van der Waals surface area contributed by atoms with E-state index >= 15 is 0 Å². The lowest BCUT2D eigenvalue weighted by Crippen LogP contribution is -2.48. The highest BCUT2D eigenvalue weighted by atomic mass is 35.5. The second-order valence-corrected chi connectivity index (χ2v) is 6.68. The highest BCUT2D eigenvalue weighted by molar-refractivity contribution is 6.44. The Morgan fingerprint density at radius 3 is 1.54 bits per heavy atom. The Hall–Kier alpha value is 0.580. The van der Waals surface area contributed by atoms with E-state index in [2.05, 4.69) is 0 Å². The van der Waals surface area contributed by atoms with Crippen molar-refractivity contribution in [3.8, 4) is 0 Å². The molecule has 0 atom stereocenters. The van der Waals surface area contributed by atoms with Crippen molar-refractivity contribution in [1.29, 1.82) is 0 Å².